The van der Waals surface area contributed by atoms with Crippen molar-refractivity contribution in [3.05, 3.63) is 0 Å². The van der Waals surface area contributed by atoms with E-state index in [9.17, 15) is 14.7 Å². The Labute approximate surface area is 101 Å². The van der Waals surface area contributed by atoms with Crippen molar-refractivity contribution in [2.24, 2.45) is 5.73 Å². The van der Waals surface area contributed by atoms with Gasteiger partial charge in [-0.3, -0.25) is 4.79 Å². The lowest BCUT2D eigenvalue weighted by atomic mass is 9.98. The number of nitrogens with two attached hydrogens (primary N) is 1. The molecule has 3 N–H and O–H groups in total. The van der Waals surface area contributed by atoms with Crippen LogP contribution in [0, 0.1) is 0 Å². The molecule has 6 heteroatoms. The van der Waals surface area contributed by atoms with E-state index in [0.717, 1.165) is 0 Å². The van der Waals surface area contributed by atoms with E-state index < -0.39 is 17.6 Å². The second kappa shape index (κ2) is 5.46. The predicted molar refractivity (Wildman–Crippen MR) is 61.5 cm³/mol. The minimum Gasteiger partial charge on any atom is -0.480 e. The molecule has 2 unspecified atom stereocenters. The average molecular weight is 244 g/mol. The zero-order valence-corrected chi connectivity index (χ0v) is 10.3. The molecule has 98 valence electrons. The first-order valence-corrected chi connectivity index (χ1v) is 5.73. The minimum absolute atomic E-state index is 0.301. The summed E-state index contributed by atoms with van der Waals surface area (Å²) in [5, 5.41) is 9.19. The summed E-state index contributed by atoms with van der Waals surface area (Å²) >= 11 is 0. The van der Waals surface area contributed by atoms with Gasteiger partial charge in [0.15, 0.2) is 0 Å². The lowest BCUT2D eigenvalue weighted by molar-refractivity contribution is -0.155. The van der Waals surface area contributed by atoms with E-state index >= 15 is 0 Å². The molecule has 1 amide bonds. The molecule has 0 radical (unpaired) electrons. The van der Waals surface area contributed by atoms with Gasteiger partial charge in [-0.2, -0.15) is 0 Å². The maximum atomic E-state index is 12.1. The molecule has 1 aliphatic heterocycles. The van der Waals surface area contributed by atoms with Gasteiger partial charge in [-0.15, -0.1) is 0 Å². The summed E-state index contributed by atoms with van der Waals surface area (Å²) in [6, 6.07) is -0.688. The van der Waals surface area contributed by atoms with Crippen molar-refractivity contribution >= 4 is 11.9 Å². The molecule has 2 atom stereocenters. The van der Waals surface area contributed by atoms with Crippen LogP contribution in [0.4, 0.5) is 0 Å². The topological polar surface area (TPSA) is 92.9 Å². The molecule has 1 rings (SSSR count). The second-order valence-electron chi connectivity index (χ2n) is 4.56. The van der Waals surface area contributed by atoms with E-state index in [1.54, 1.807) is 6.92 Å². The van der Waals surface area contributed by atoms with Crippen LogP contribution in [-0.2, 0) is 14.3 Å². The number of rotatable bonds is 5. The molecule has 0 aromatic heterocycles. The van der Waals surface area contributed by atoms with E-state index in [-0.39, 0.29) is 5.91 Å². The highest BCUT2D eigenvalue weighted by atomic mass is 16.5. The number of amides is 1. The molecule has 0 aromatic carbocycles. The minimum atomic E-state index is -1.11. The number of nitrogens with zero attached hydrogens (tertiary/aromatic N) is 1. The summed E-state index contributed by atoms with van der Waals surface area (Å²) in [4.78, 5) is 24.7. The van der Waals surface area contributed by atoms with Gasteiger partial charge >= 0.3 is 5.97 Å². The van der Waals surface area contributed by atoms with E-state index in [4.69, 9.17) is 10.5 Å². The first-order valence-electron chi connectivity index (χ1n) is 5.73. The van der Waals surface area contributed by atoms with Gasteiger partial charge in [-0.1, -0.05) is 0 Å². The van der Waals surface area contributed by atoms with Gasteiger partial charge in [0.25, 0.3) is 0 Å². The van der Waals surface area contributed by atoms with Crippen molar-refractivity contribution in [2.75, 3.05) is 20.3 Å². The number of ether oxygens (including phenoxy) is 1. The van der Waals surface area contributed by atoms with E-state index in [2.05, 4.69) is 0 Å². The van der Waals surface area contributed by atoms with Crippen LogP contribution >= 0.6 is 0 Å². The summed E-state index contributed by atoms with van der Waals surface area (Å²) in [6.07, 6.45) is 1.58. The van der Waals surface area contributed by atoms with Gasteiger partial charge < -0.3 is 20.5 Å². The number of hydrogen-bond acceptors (Lipinski definition) is 4. The first-order chi connectivity index (χ1) is 7.93. The van der Waals surface area contributed by atoms with Crippen molar-refractivity contribution in [1.29, 1.82) is 0 Å². The van der Waals surface area contributed by atoms with Crippen molar-refractivity contribution in [3.8, 4) is 0 Å². The summed E-state index contributed by atoms with van der Waals surface area (Å²) < 4.78 is 4.86. The number of carboxylic acids is 1. The third-order valence-electron chi connectivity index (χ3n) is 3.32. The average Bonchev–Trinajstić information content (AvgIpc) is 2.68. The molecule has 0 bridgehead atoms. The third-order valence-corrected chi connectivity index (χ3v) is 3.32. The lowest BCUT2D eigenvalue weighted by Gasteiger charge is -2.33. The van der Waals surface area contributed by atoms with Crippen LogP contribution in [0.3, 0.4) is 0 Å². The number of methoxy groups -OCH3 is 1. The standard InChI is InChI=1S/C11H20N2O4/c1-11(10(15)16)5-3-6-13(11)9(14)8(12)4-7-17-2/h8H,3-7,12H2,1-2H3,(H,15,16). The van der Waals surface area contributed by atoms with Crippen LogP contribution in [0.1, 0.15) is 26.2 Å². The predicted octanol–water partition coefficient (Wildman–Crippen LogP) is -0.184. The number of carbonyl (C=O) groups is 2. The molecular weight excluding hydrogens is 224 g/mol. The normalized spacial score (nSPS) is 25.9. The molecule has 0 saturated carbocycles. The summed E-state index contributed by atoms with van der Waals surface area (Å²) in [5.74, 6) is -1.27. The Morgan fingerprint density at radius 2 is 2.24 bits per heavy atom. The Bertz CT molecular complexity index is 308. The fraction of sp³-hybridized carbons (Fsp3) is 0.818. The molecule has 1 aliphatic rings. The van der Waals surface area contributed by atoms with Crippen LogP contribution in [0.2, 0.25) is 0 Å². The Kier molecular flexibility index (Phi) is 4.47. The highest BCUT2D eigenvalue weighted by molar-refractivity contribution is 5.89. The van der Waals surface area contributed by atoms with Crippen molar-refractivity contribution in [3.63, 3.8) is 0 Å². The zero-order chi connectivity index (χ0) is 13.1. The second-order valence-corrected chi connectivity index (χ2v) is 4.56. The summed E-state index contributed by atoms with van der Waals surface area (Å²) in [6.45, 7) is 2.43. The fourth-order valence-corrected chi connectivity index (χ4v) is 2.11. The molecule has 0 aromatic rings. The number of carboxylic acid groups (broad SMARTS) is 1. The van der Waals surface area contributed by atoms with Gasteiger partial charge in [-0.05, 0) is 26.2 Å². The Balaban J connectivity index is 2.71. The molecule has 17 heavy (non-hydrogen) atoms. The van der Waals surface area contributed by atoms with Crippen LogP contribution in [0.5, 0.6) is 0 Å². The van der Waals surface area contributed by atoms with E-state index in [0.29, 0.717) is 32.4 Å². The van der Waals surface area contributed by atoms with Crippen LogP contribution < -0.4 is 5.73 Å². The van der Waals surface area contributed by atoms with Crippen LogP contribution in [0.15, 0.2) is 0 Å². The maximum Gasteiger partial charge on any atom is 0.329 e. The molecular formula is C11H20N2O4. The third kappa shape index (κ3) is 2.76. The highest BCUT2D eigenvalue weighted by Gasteiger charge is 2.46. The van der Waals surface area contributed by atoms with Gasteiger partial charge in [0.2, 0.25) is 5.91 Å². The Morgan fingerprint density at radius 1 is 1.59 bits per heavy atom. The highest BCUT2D eigenvalue weighted by Crippen LogP contribution is 2.29. The van der Waals surface area contributed by atoms with E-state index in [1.165, 1.54) is 12.0 Å². The Morgan fingerprint density at radius 3 is 2.76 bits per heavy atom. The molecule has 1 saturated heterocycles. The van der Waals surface area contributed by atoms with Gasteiger partial charge in [0.05, 0.1) is 6.04 Å². The quantitative estimate of drug-likeness (QED) is 0.699. The summed E-state index contributed by atoms with van der Waals surface area (Å²) in [5.41, 5.74) is 4.63. The van der Waals surface area contributed by atoms with Crippen molar-refractivity contribution < 1.29 is 19.4 Å². The number of hydrogen-bond donors (Lipinski definition) is 2. The van der Waals surface area contributed by atoms with Gasteiger partial charge in [0.1, 0.15) is 5.54 Å². The largest absolute Gasteiger partial charge is 0.480 e. The molecule has 6 nitrogen and oxygen atoms in total. The fourth-order valence-electron chi connectivity index (χ4n) is 2.11. The Hall–Kier alpha value is -1.14. The zero-order valence-electron chi connectivity index (χ0n) is 10.3. The monoisotopic (exact) mass is 244 g/mol. The molecule has 1 fully saturated rings. The smallest absolute Gasteiger partial charge is 0.329 e. The van der Waals surface area contributed by atoms with Crippen molar-refractivity contribution in [2.45, 2.75) is 37.8 Å². The van der Waals surface area contributed by atoms with Crippen LogP contribution in [0.25, 0.3) is 0 Å². The van der Waals surface area contributed by atoms with E-state index in [1.807, 2.05) is 0 Å². The number of likely N-dealkylation sites (tertiary alicyclic amines) is 1. The molecule has 0 aliphatic carbocycles. The number of aliphatic carboxylic acids is 1. The van der Waals surface area contributed by atoms with Gasteiger partial charge in [0, 0.05) is 20.3 Å². The summed E-state index contributed by atoms with van der Waals surface area (Å²) in [7, 11) is 1.54. The lowest BCUT2D eigenvalue weighted by Crippen LogP contribution is -2.55. The van der Waals surface area contributed by atoms with Crippen molar-refractivity contribution in [1.82, 2.24) is 4.90 Å². The molecule has 1 heterocycles. The van der Waals surface area contributed by atoms with Gasteiger partial charge in [-0.25, -0.2) is 4.79 Å². The maximum absolute atomic E-state index is 12.1. The first kappa shape index (κ1) is 13.9. The number of carbonyl (C=O) groups excluding carboxylic acids is 1. The van der Waals surface area contributed by atoms with Crippen LogP contribution in [-0.4, -0.2) is 53.7 Å². The SMILES string of the molecule is COCCC(N)C(=O)N1CCCC1(C)C(=O)O. The molecule has 0 spiro atoms.